The third-order valence-electron chi connectivity index (χ3n) is 3.29. The maximum Gasteiger partial charge on any atom is 0.271 e. The van der Waals surface area contributed by atoms with E-state index in [1.165, 1.54) is 12.1 Å². The molecule has 0 bridgehead atoms. The number of nitro groups is 1. The third kappa shape index (κ3) is 2.58. The number of aryl methyl sites for hydroxylation is 1. The predicted octanol–water partition coefficient (Wildman–Crippen LogP) is 3.21. The summed E-state index contributed by atoms with van der Waals surface area (Å²) in [4.78, 5) is 10.3. The predicted molar refractivity (Wildman–Crippen MR) is 83.2 cm³/mol. The molecular formula is C14H12ClN5O2. The summed E-state index contributed by atoms with van der Waals surface area (Å²) in [6.07, 6.45) is 1.87. The van der Waals surface area contributed by atoms with Crippen LogP contribution in [-0.4, -0.2) is 19.5 Å². The molecule has 0 fully saturated rings. The number of hydrogen-bond donors (Lipinski definition) is 1. The minimum absolute atomic E-state index is 0.0269. The van der Waals surface area contributed by atoms with Crippen LogP contribution in [0.3, 0.4) is 0 Å². The van der Waals surface area contributed by atoms with Crippen molar-refractivity contribution in [1.29, 1.82) is 0 Å². The molecule has 0 aliphatic heterocycles. The van der Waals surface area contributed by atoms with Gasteiger partial charge in [0.15, 0.2) is 11.5 Å². The van der Waals surface area contributed by atoms with E-state index in [0.29, 0.717) is 22.8 Å². The highest BCUT2D eigenvalue weighted by atomic mass is 35.5. The van der Waals surface area contributed by atoms with Crippen molar-refractivity contribution in [1.82, 2.24) is 14.6 Å². The van der Waals surface area contributed by atoms with Crippen molar-refractivity contribution >= 4 is 28.6 Å². The average Bonchev–Trinajstić information content (AvgIpc) is 2.89. The van der Waals surface area contributed by atoms with Gasteiger partial charge < -0.3 is 5.32 Å². The molecule has 0 atom stereocenters. The Morgan fingerprint density at radius 1 is 1.36 bits per heavy atom. The topological polar surface area (TPSA) is 85.4 Å². The van der Waals surface area contributed by atoms with Gasteiger partial charge in [0.1, 0.15) is 0 Å². The molecule has 2 aromatic heterocycles. The number of pyridine rings is 1. The Labute approximate surface area is 130 Å². The Hall–Kier alpha value is -2.67. The number of anilines is 1. The van der Waals surface area contributed by atoms with Gasteiger partial charge in [-0.1, -0.05) is 17.7 Å². The fourth-order valence-corrected chi connectivity index (χ4v) is 2.56. The van der Waals surface area contributed by atoms with Gasteiger partial charge in [0.05, 0.1) is 22.2 Å². The molecule has 22 heavy (non-hydrogen) atoms. The number of halogens is 1. The van der Waals surface area contributed by atoms with E-state index in [9.17, 15) is 10.1 Å². The number of nitro benzene ring substituents is 1. The van der Waals surface area contributed by atoms with E-state index in [0.717, 1.165) is 11.5 Å². The number of nitrogens with one attached hydrogen (secondary N) is 1. The average molecular weight is 318 g/mol. The number of benzene rings is 1. The van der Waals surface area contributed by atoms with Crippen molar-refractivity contribution < 1.29 is 4.92 Å². The lowest BCUT2D eigenvalue weighted by molar-refractivity contribution is -0.384. The van der Waals surface area contributed by atoms with Gasteiger partial charge in [0.2, 0.25) is 0 Å². The van der Waals surface area contributed by atoms with Gasteiger partial charge in [-0.15, -0.1) is 10.2 Å². The maximum atomic E-state index is 10.8. The monoisotopic (exact) mass is 317 g/mol. The van der Waals surface area contributed by atoms with Crippen LogP contribution in [0.4, 0.5) is 11.4 Å². The Bertz CT molecular complexity index is 838. The molecule has 0 aliphatic carbocycles. The van der Waals surface area contributed by atoms with Crippen LogP contribution in [0.15, 0.2) is 36.5 Å². The van der Waals surface area contributed by atoms with E-state index in [4.69, 9.17) is 11.6 Å². The molecular weight excluding hydrogens is 306 g/mol. The van der Waals surface area contributed by atoms with Gasteiger partial charge in [0.25, 0.3) is 5.69 Å². The molecule has 1 N–H and O–H groups in total. The van der Waals surface area contributed by atoms with E-state index in [1.807, 2.05) is 28.8 Å². The second-order valence-corrected chi connectivity index (χ2v) is 5.18. The highest BCUT2D eigenvalue weighted by Crippen LogP contribution is 2.31. The molecule has 0 aliphatic rings. The summed E-state index contributed by atoms with van der Waals surface area (Å²) >= 11 is 6.13. The molecule has 3 rings (SSSR count). The number of hydrogen-bond acceptors (Lipinski definition) is 5. The quantitative estimate of drug-likeness (QED) is 0.590. The zero-order valence-corrected chi connectivity index (χ0v) is 12.4. The first-order valence-corrected chi connectivity index (χ1v) is 6.91. The summed E-state index contributed by atoms with van der Waals surface area (Å²) in [6, 6.07) is 8.46. The number of non-ortho nitro benzene ring substituents is 1. The van der Waals surface area contributed by atoms with Gasteiger partial charge in [-0.2, -0.15) is 0 Å². The van der Waals surface area contributed by atoms with E-state index < -0.39 is 4.92 Å². The van der Waals surface area contributed by atoms with E-state index in [1.54, 1.807) is 6.92 Å². The Morgan fingerprint density at radius 3 is 2.91 bits per heavy atom. The number of rotatable bonds is 4. The largest absolute Gasteiger partial charge is 0.376 e. The number of nitrogens with zero attached hydrogens (tertiary/aromatic N) is 4. The zero-order chi connectivity index (χ0) is 15.7. The first-order chi connectivity index (χ1) is 10.6. The Balaban J connectivity index is 1.86. The van der Waals surface area contributed by atoms with Crippen LogP contribution >= 0.6 is 11.6 Å². The van der Waals surface area contributed by atoms with Gasteiger partial charge >= 0.3 is 0 Å². The van der Waals surface area contributed by atoms with Crippen LogP contribution in [0, 0.1) is 17.0 Å². The zero-order valence-electron chi connectivity index (χ0n) is 11.7. The first kappa shape index (κ1) is 14.3. The van der Waals surface area contributed by atoms with Gasteiger partial charge in [-0.3, -0.25) is 14.5 Å². The SMILES string of the molecule is Cc1cc([N+](=O)[O-])cc(Cl)c1NCc1nnc2ccccn12. The Morgan fingerprint density at radius 2 is 2.18 bits per heavy atom. The lowest BCUT2D eigenvalue weighted by Gasteiger charge is -2.10. The van der Waals surface area contributed by atoms with Crippen LogP contribution in [0.25, 0.3) is 5.65 Å². The maximum absolute atomic E-state index is 10.8. The minimum atomic E-state index is -0.464. The van der Waals surface area contributed by atoms with E-state index in [2.05, 4.69) is 15.5 Å². The summed E-state index contributed by atoms with van der Waals surface area (Å²) in [5.41, 5.74) is 2.08. The van der Waals surface area contributed by atoms with Gasteiger partial charge in [0, 0.05) is 18.3 Å². The van der Waals surface area contributed by atoms with Crippen LogP contribution < -0.4 is 5.32 Å². The summed E-state index contributed by atoms with van der Waals surface area (Å²) in [5.74, 6) is 0.726. The molecule has 1 aromatic carbocycles. The van der Waals surface area contributed by atoms with E-state index >= 15 is 0 Å². The van der Waals surface area contributed by atoms with Crippen molar-refractivity contribution in [2.75, 3.05) is 5.32 Å². The summed E-state index contributed by atoms with van der Waals surface area (Å²) in [6.45, 7) is 2.17. The van der Waals surface area contributed by atoms with Crippen LogP contribution in [0.5, 0.6) is 0 Å². The molecule has 8 heteroatoms. The number of fused-ring (bicyclic) bond motifs is 1. The molecule has 0 amide bonds. The van der Waals surface area contributed by atoms with Gasteiger partial charge in [-0.25, -0.2) is 0 Å². The minimum Gasteiger partial charge on any atom is -0.376 e. The van der Waals surface area contributed by atoms with Gasteiger partial charge in [-0.05, 0) is 24.6 Å². The van der Waals surface area contributed by atoms with Crippen molar-refractivity contribution in [2.45, 2.75) is 13.5 Å². The van der Waals surface area contributed by atoms with E-state index in [-0.39, 0.29) is 5.69 Å². The Kier molecular flexibility index (Phi) is 3.64. The van der Waals surface area contributed by atoms with Crippen LogP contribution in [0.1, 0.15) is 11.4 Å². The third-order valence-corrected chi connectivity index (χ3v) is 3.59. The molecule has 0 saturated carbocycles. The lowest BCUT2D eigenvalue weighted by atomic mass is 10.1. The molecule has 0 unspecified atom stereocenters. The molecule has 0 saturated heterocycles. The molecule has 0 radical (unpaired) electrons. The standard InChI is InChI=1S/C14H12ClN5O2/c1-9-6-10(20(21)22)7-11(15)14(9)16-8-13-18-17-12-4-2-3-5-19(12)13/h2-7,16H,8H2,1H3. The van der Waals surface area contributed by atoms with Crippen molar-refractivity contribution in [2.24, 2.45) is 0 Å². The molecule has 7 nitrogen and oxygen atoms in total. The highest BCUT2D eigenvalue weighted by Gasteiger charge is 2.14. The van der Waals surface area contributed by atoms with Crippen molar-refractivity contribution in [3.05, 3.63) is 63.1 Å². The molecule has 2 heterocycles. The van der Waals surface area contributed by atoms with Crippen molar-refractivity contribution in [3.8, 4) is 0 Å². The first-order valence-electron chi connectivity index (χ1n) is 6.53. The summed E-state index contributed by atoms with van der Waals surface area (Å²) < 4.78 is 1.86. The molecule has 0 spiro atoms. The normalized spacial score (nSPS) is 10.8. The fraction of sp³-hybridized carbons (Fsp3) is 0.143. The lowest BCUT2D eigenvalue weighted by Crippen LogP contribution is -2.06. The summed E-state index contributed by atoms with van der Waals surface area (Å²) in [7, 11) is 0. The van der Waals surface area contributed by atoms with Crippen LogP contribution in [0.2, 0.25) is 5.02 Å². The smallest absolute Gasteiger partial charge is 0.271 e. The summed E-state index contributed by atoms with van der Waals surface area (Å²) in [5, 5.41) is 22.5. The van der Waals surface area contributed by atoms with Crippen LogP contribution in [-0.2, 0) is 6.54 Å². The molecule has 112 valence electrons. The highest BCUT2D eigenvalue weighted by molar-refractivity contribution is 6.33. The fourth-order valence-electron chi connectivity index (χ4n) is 2.23. The molecule has 3 aromatic rings. The second-order valence-electron chi connectivity index (χ2n) is 4.78. The van der Waals surface area contributed by atoms with Crippen molar-refractivity contribution in [3.63, 3.8) is 0 Å². The second kappa shape index (κ2) is 5.61. The number of aromatic nitrogens is 3.